The lowest BCUT2D eigenvalue weighted by Crippen LogP contribution is -2.66. The van der Waals surface area contributed by atoms with Gasteiger partial charge < -0.3 is 14.4 Å². The van der Waals surface area contributed by atoms with Gasteiger partial charge in [0.05, 0.1) is 18.6 Å². The molecule has 1 unspecified atom stereocenters. The Morgan fingerprint density at radius 1 is 0.864 bits per heavy atom. The van der Waals surface area contributed by atoms with Gasteiger partial charge in [0.2, 0.25) is 5.91 Å². The molecule has 6 aliphatic rings. The molecular formula is C40H59NO3. The van der Waals surface area contributed by atoms with E-state index in [0.29, 0.717) is 54.1 Å². The molecule has 4 heteroatoms. The third-order valence-corrected chi connectivity index (χ3v) is 15.7. The van der Waals surface area contributed by atoms with Crippen molar-refractivity contribution in [1.82, 2.24) is 4.90 Å². The molecule has 10 atom stereocenters. The van der Waals surface area contributed by atoms with Gasteiger partial charge in [0, 0.05) is 18.5 Å². The maximum atomic E-state index is 14.6. The second-order valence-electron chi connectivity index (χ2n) is 17.5. The number of allylic oxidation sites excluding steroid dienone is 2. The van der Waals surface area contributed by atoms with Crippen LogP contribution in [0.3, 0.4) is 0 Å². The third-order valence-electron chi connectivity index (χ3n) is 15.7. The van der Waals surface area contributed by atoms with Gasteiger partial charge in [-0.15, -0.1) is 0 Å². The fraction of sp³-hybridized carbons (Fsp3) is 0.775. The summed E-state index contributed by atoms with van der Waals surface area (Å²) in [6.45, 7) is 20.9. The highest BCUT2D eigenvalue weighted by molar-refractivity contribution is 5.84. The average molecular weight is 602 g/mol. The van der Waals surface area contributed by atoms with Gasteiger partial charge in [-0.3, -0.25) is 4.79 Å². The molecule has 5 fully saturated rings. The van der Waals surface area contributed by atoms with Crippen LogP contribution in [0.5, 0.6) is 5.75 Å². The van der Waals surface area contributed by atoms with Gasteiger partial charge in [0.1, 0.15) is 11.9 Å². The first-order valence-electron chi connectivity index (χ1n) is 18.2. The largest absolute Gasteiger partial charge is 0.490 e. The highest BCUT2D eigenvalue weighted by Gasteiger charge is 2.69. The van der Waals surface area contributed by atoms with Gasteiger partial charge in [0.25, 0.3) is 0 Å². The summed E-state index contributed by atoms with van der Waals surface area (Å²) >= 11 is 0. The molecule has 1 amide bonds. The van der Waals surface area contributed by atoms with Crippen LogP contribution in [0.4, 0.5) is 0 Å². The predicted octanol–water partition coefficient (Wildman–Crippen LogP) is 8.95. The molecule has 5 aliphatic carbocycles. The van der Waals surface area contributed by atoms with Gasteiger partial charge in [0.15, 0.2) is 0 Å². The first kappa shape index (κ1) is 30.8. The first-order valence-corrected chi connectivity index (χ1v) is 18.2. The zero-order valence-electron chi connectivity index (χ0n) is 28.8. The van der Waals surface area contributed by atoms with Crippen LogP contribution >= 0.6 is 0 Å². The van der Waals surface area contributed by atoms with E-state index in [9.17, 15) is 4.79 Å². The number of para-hydroxylation sites is 1. The number of hydrogen-bond donors (Lipinski definition) is 0. The van der Waals surface area contributed by atoms with Crippen molar-refractivity contribution in [3.63, 3.8) is 0 Å². The minimum atomic E-state index is -0.228. The lowest BCUT2D eigenvalue weighted by atomic mass is 9.33. The fourth-order valence-corrected chi connectivity index (χ4v) is 12.8. The molecule has 7 rings (SSSR count). The SMILES string of the molecule is C[C@@H]1CC[C@]2(C(=O)N3CCOCC3)CC[C@]3(C)C(=CC[C@@H]4[C@@]5(C)CC[C@H](Oc6ccccc6)C(C)(C)[C@@H]5CC[C@]43C)C2[C@H]1C. The Kier molecular flexibility index (Phi) is 7.43. The lowest BCUT2D eigenvalue weighted by molar-refractivity contribution is -0.202. The Morgan fingerprint density at radius 3 is 2.32 bits per heavy atom. The second-order valence-corrected chi connectivity index (χ2v) is 17.5. The Hall–Kier alpha value is -1.81. The predicted molar refractivity (Wildman–Crippen MR) is 177 cm³/mol. The van der Waals surface area contributed by atoms with Crippen LogP contribution in [0.15, 0.2) is 42.0 Å². The number of carbonyl (C=O) groups is 1. The second kappa shape index (κ2) is 10.6. The number of nitrogens with zero attached hydrogens (tertiary/aromatic N) is 1. The third kappa shape index (κ3) is 4.20. The van der Waals surface area contributed by atoms with E-state index in [2.05, 4.69) is 89.8 Å². The number of morpholine rings is 1. The Morgan fingerprint density at radius 2 is 1.59 bits per heavy atom. The molecule has 4 nitrogen and oxygen atoms in total. The fourth-order valence-electron chi connectivity index (χ4n) is 12.8. The molecule has 4 saturated carbocycles. The monoisotopic (exact) mass is 601 g/mol. The summed E-state index contributed by atoms with van der Waals surface area (Å²) in [6, 6.07) is 10.5. The van der Waals surface area contributed by atoms with Crippen molar-refractivity contribution in [2.24, 2.45) is 56.7 Å². The molecular weight excluding hydrogens is 542 g/mol. The van der Waals surface area contributed by atoms with Crippen molar-refractivity contribution < 1.29 is 14.3 Å². The molecule has 1 aliphatic heterocycles. The van der Waals surface area contributed by atoms with E-state index in [1.54, 1.807) is 5.57 Å². The highest BCUT2D eigenvalue weighted by atomic mass is 16.5. The van der Waals surface area contributed by atoms with Crippen molar-refractivity contribution in [1.29, 1.82) is 0 Å². The molecule has 1 aromatic carbocycles. The summed E-state index contributed by atoms with van der Waals surface area (Å²) in [5.41, 5.74) is 2.27. The van der Waals surface area contributed by atoms with Gasteiger partial charge >= 0.3 is 0 Å². The van der Waals surface area contributed by atoms with Crippen molar-refractivity contribution in [3.05, 3.63) is 42.0 Å². The van der Waals surface area contributed by atoms with Gasteiger partial charge in [-0.05, 0) is 116 Å². The molecule has 0 bridgehead atoms. The average Bonchev–Trinajstić information content (AvgIpc) is 3.01. The Bertz CT molecular complexity index is 1280. The molecule has 0 N–H and O–H groups in total. The maximum Gasteiger partial charge on any atom is 0.229 e. The van der Waals surface area contributed by atoms with Crippen molar-refractivity contribution in [2.45, 2.75) is 112 Å². The summed E-state index contributed by atoms with van der Waals surface area (Å²) in [4.78, 5) is 16.8. The van der Waals surface area contributed by atoms with Crippen LogP contribution in [0.1, 0.15) is 106 Å². The molecule has 1 saturated heterocycles. The van der Waals surface area contributed by atoms with Crippen LogP contribution in [-0.2, 0) is 9.53 Å². The maximum absolute atomic E-state index is 14.6. The van der Waals surface area contributed by atoms with E-state index < -0.39 is 0 Å². The number of ether oxygens (including phenoxy) is 2. The first-order chi connectivity index (χ1) is 20.9. The van der Waals surface area contributed by atoms with Gasteiger partial charge in [-0.25, -0.2) is 0 Å². The van der Waals surface area contributed by atoms with Crippen LogP contribution in [0, 0.1) is 56.7 Å². The molecule has 1 aromatic rings. The number of amides is 1. The van der Waals surface area contributed by atoms with Crippen LogP contribution < -0.4 is 4.74 Å². The summed E-state index contributed by atoms with van der Waals surface area (Å²) in [7, 11) is 0. The van der Waals surface area contributed by atoms with Crippen molar-refractivity contribution in [3.8, 4) is 5.75 Å². The minimum Gasteiger partial charge on any atom is -0.490 e. The van der Waals surface area contributed by atoms with E-state index in [0.717, 1.165) is 44.5 Å². The molecule has 1 heterocycles. The van der Waals surface area contributed by atoms with E-state index in [1.807, 2.05) is 0 Å². The summed E-state index contributed by atoms with van der Waals surface area (Å²) < 4.78 is 12.4. The summed E-state index contributed by atoms with van der Waals surface area (Å²) in [6.07, 6.45) is 13.6. The van der Waals surface area contributed by atoms with E-state index in [1.165, 1.54) is 32.1 Å². The highest BCUT2D eigenvalue weighted by Crippen LogP contribution is 2.76. The van der Waals surface area contributed by atoms with E-state index >= 15 is 0 Å². The van der Waals surface area contributed by atoms with Crippen LogP contribution in [0.25, 0.3) is 0 Å². The Balaban J connectivity index is 1.23. The van der Waals surface area contributed by atoms with E-state index in [4.69, 9.17) is 9.47 Å². The zero-order valence-corrected chi connectivity index (χ0v) is 28.8. The normalized spacial score (nSPS) is 46.4. The summed E-state index contributed by atoms with van der Waals surface area (Å²) in [5.74, 6) is 4.35. The zero-order chi connectivity index (χ0) is 31.1. The van der Waals surface area contributed by atoms with Gasteiger partial charge in [-0.2, -0.15) is 0 Å². The quantitative estimate of drug-likeness (QED) is 0.325. The van der Waals surface area contributed by atoms with E-state index in [-0.39, 0.29) is 27.8 Å². The molecule has 0 radical (unpaired) electrons. The molecule has 242 valence electrons. The Labute approximate surface area is 267 Å². The molecule has 0 spiro atoms. The van der Waals surface area contributed by atoms with Crippen LogP contribution in [0.2, 0.25) is 0 Å². The minimum absolute atomic E-state index is 0.120. The number of rotatable bonds is 3. The number of carbonyl (C=O) groups excluding carboxylic acids is 1. The lowest BCUT2D eigenvalue weighted by Gasteiger charge is -2.71. The number of benzene rings is 1. The standard InChI is InChI=1S/C40H59NO3/c1-27-15-20-40(35(42)41-23-25-43-26-24-41)22-21-38(6)30(34(40)28(27)2)13-14-32-37(5)18-17-33(44-29-11-9-8-10-12-29)36(3,4)31(37)16-19-39(32,38)7/h8-13,27-28,31-34H,14-26H2,1-7H3/t27-,28+,31+,32-,33+,34?,37+,38-,39-,40+/m1/s1. The molecule has 44 heavy (non-hydrogen) atoms. The van der Waals surface area contributed by atoms with Gasteiger partial charge in [-0.1, -0.05) is 78.3 Å². The van der Waals surface area contributed by atoms with Crippen molar-refractivity contribution >= 4 is 5.91 Å². The smallest absolute Gasteiger partial charge is 0.229 e. The summed E-state index contributed by atoms with van der Waals surface area (Å²) in [5, 5.41) is 0. The number of fused-ring (bicyclic) bond motifs is 7. The van der Waals surface area contributed by atoms with Crippen LogP contribution in [-0.4, -0.2) is 43.2 Å². The topological polar surface area (TPSA) is 38.8 Å². The number of hydrogen-bond acceptors (Lipinski definition) is 3. The molecule has 0 aromatic heterocycles. The van der Waals surface area contributed by atoms with Crippen molar-refractivity contribution in [2.75, 3.05) is 26.3 Å².